The zero-order valence-corrected chi connectivity index (χ0v) is 15.5. The first kappa shape index (κ1) is 20.4. The molecule has 0 spiro atoms. The van der Waals surface area contributed by atoms with Gasteiger partial charge in [-0.05, 0) is 36.6 Å². The van der Waals surface area contributed by atoms with E-state index in [1.165, 1.54) is 25.0 Å². The molecule has 0 aliphatic heterocycles. The van der Waals surface area contributed by atoms with Crippen molar-refractivity contribution in [2.75, 3.05) is 6.61 Å². The maximum Gasteiger partial charge on any atom is 0.240 e. The predicted octanol–water partition coefficient (Wildman–Crippen LogP) is 3.98. The lowest BCUT2D eigenvalue weighted by atomic mass is 9.92. The van der Waals surface area contributed by atoms with E-state index in [2.05, 4.69) is 11.6 Å². The number of aliphatic hydroxyl groups excluding tert-OH is 1. The molecule has 0 saturated heterocycles. The van der Waals surface area contributed by atoms with Crippen LogP contribution < -0.4 is 4.72 Å². The van der Waals surface area contributed by atoms with Gasteiger partial charge in [0, 0.05) is 11.1 Å². The van der Waals surface area contributed by atoms with Gasteiger partial charge >= 0.3 is 0 Å². The van der Waals surface area contributed by atoms with Crippen LogP contribution in [0.25, 0.3) is 0 Å². The maximum atomic E-state index is 12.4. The fraction of sp³-hybridized carbons (Fsp3) is 0.647. The third-order valence-corrected chi connectivity index (χ3v) is 5.91. The fourth-order valence-electron chi connectivity index (χ4n) is 2.69. The van der Waals surface area contributed by atoms with E-state index >= 15 is 0 Å². The molecule has 0 aliphatic carbocycles. The van der Waals surface area contributed by atoms with Crippen LogP contribution in [0.5, 0.6) is 0 Å². The van der Waals surface area contributed by atoms with Gasteiger partial charge in [0.05, 0.1) is 11.5 Å². The Morgan fingerprint density at radius 2 is 1.78 bits per heavy atom. The van der Waals surface area contributed by atoms with E-state index in [0.717, 1.165) is 25.7 Å². The summed E-state index contributed by atoms with van der Waals surface area (Å²) >= 11 is 5.80. The summed E-state index contributed by atoms with van der Waals surface area (Å²) in [6.07, 6.45) is 6.33. The second-order valence-electron chi connectivity index (χ2n) is 5.88. The van der Waals surface area contributed by atoms with Crippen molar-refractivity contribution in [1.29, 1.82) is 0 Å². The Bertz CT molecular complexity index is 545. The van der Waals surface area contributed by atoms with Gasteiger partial charge in [-0.25, -0.2) is 13.1 Å². The van der Waals surface area contributed by atoms with Crippen molar-refractivity contribution in [3.63, 3.8) is 0 Å². The fourth-order valence-corrected chi connectivity index (χ4v) is 4.11. The predicted molar refractivity (Wildman–Crippen MR) is 95.2 cm³/mol. The van der Waals surface area contributed by atoms with Gasteiger partial charge in [-0.1, -0.05) is 57.6 Å². The van der Waals surface area contributed by atoms with Gasteiger partial charge in [0.1, 0.15) is 0 Å². The minimum Gasteiger partial charge on any atom is -0.395 e. The molecule has 132 valence electrons. The third-order valence-electron chi connectivity index (χ3n) is 4.15. The minimum absolute atomic E-state index is 0.138. The Kier molecular flexibility index (Phi) is 9.14. The second-order valence-corrected chi connectivity index (χ2v) is 8.03. The van der Waals surface area contributed by atoms with Crippen LogP contribution in [0.1, 0.15) is 52.4 Å². The van der Waals surface area contributed by atoms with E-state index in [-0.39, 0.29) is 17.4 Å². The molecule has 0 amide bonds. The zero-order valence-electron chi connectivity index (χ0n) is 14.0. The molecule has 6 heteroatoms. The minimum atomic E-state index is -3.65. The Balaban J connectivity index is 2.73. The van der Waals surface area contributed by atoms with Crippen molar-refractivity contribution >= 4 is 21.6 Å². The second kappa shape index (κ2) is 10.3. The molecule has 23 heavy (non-hydrogen) atoms. The Morgan fingerprint density at radius 3 is 2.30 bits per heavy atom. The SMILES string of the molecule is CCCCCCC(CC)[C@@H](CO)NS(=O)(=O)c1ccc(Cl)cc1. The van der Waals surface area contributed by atoms with Crippen molar-refractivity contribution in [1.82, 2.24) is 4.72 Å². The van der Waals surface area contributed by atoms with Crippen molar-refractivity contribution < 1.29 is 13.5 Å². The van der Waals surface area contributed by atoms with Gasteiger partial charge in [0.25, 0.3) is 0 Å². The Morgan fingerprint density at radius 1 is 1.13 bits per heavy atom. The first-order chi connectivity index (χ1) is 10.9. The van der Waals surface area contributed by atoms with Gasteiger partial charge in [-0.15, -0.1) is 0 Å². The standard InChI is InChI=1S/C17H28ClNO3S/c1-3-5-6-7-8-14(4-2)17(13-20)19-23(21,22)16-11-9-15(18)10-12-16/h9-12,14,17,19-20H,3-8,13H2,1-2H3/t14?,17-/m1/s1. The number of halogens is 1. The molecule has 0 fully saturated rings. The summed E-state index contributed by atoms with van der Waals surface area (Å²) in [6, 6.07) is 5.59. The van der Waals surface area contributed by atoms with E-state index < -0.39 is 16.1 Å². The molecule has 1 aromatic rings. The molecule has 0 saturated carbocycles. The number of unbranched alkanes of at least 4 members (excludes halogenated alkanes) is 3. The number of sulfonamides is 1. The average Bonchev–Trinajstić information content (AvgIpc) is 2.53. The van der Waals surface area contributed by atoms with Crippen molar-refractivity contribution in [3.05, 3.63) is 29.3 Å². The molecule has 1 aromatic carbocycles. The van der Waals surface area contributed by atoms with Crippen molar-refractivity contribution in [2.24, 2.45) is 5.92 Å². The van der Waals surface area contributed by atoms with E-state index in [1.807, 2.05) is 6.92 Å². The third kappa shape index (κ3) is 6.79. The van der Waals surface area contributed by atoms with Gasteiger partial charge in [-0.2, -0.15) is 0 Å². The molecule has 0 heterocycles. The summed E-state index contributed by atoms with van der Waals surface area (Å²) in [5.74, 6) is 0.138. The highest BCUT2D eigenvalue weighted by molar-refractivity contribution is 7.89. The monoisotopic (exact) mass is 361 g/mol. The van der Waals surface area contributed by atoms with Gasteiger partial charge < -0.3 is 5.11 Å². The van der Waals surface area contributed by atoms with Gasteiger partial charge in [-0.3, -0.25) is 0 Å². The van der Waals surface area contributed by atoms with Crippen LogP contribution in [-0.2, 0) is 10.0 Å². The van der Waals surface area contributed by atoms with Crippen LogP contribution in [0.2, 0.25) is 5.02 Å². The van der Waals surface area contributed by atoms with Crippen LogP contribution in [0, 0.1) is 5.92 Å². The molecule has 1 unspecified atom stereocenters. The van der Waals surface area contributed by atoms with Crippen LogP contribution in [0.15, 0.2) is 29.2 Å². The Hall–Kier alpha value is -0.620. The van der Waals surface area contributed by atoms with E-state index in [9.17, 15) is 13.5 Å². The average molecular weight is 362 g/mol. The summed E-state index contributed by atoms with van der Waals surface area (Å²) in [7, 11) is -3.65. The number of aliphatic hydroxyl groups is 1. The highest BCUT2D eigenvalue weighted by Gasteiger charge is 2.25. The van der Waals surface area contributed by atoms with E-state index in [0.29, 0.717) is 5.02 Å². The lowest BCUT2D eigenvalue weighted by Gasteiger charge is -2.25. The molecule has 0 bridgehead atoms. The van der Waals surface area contributed by atoms with Crippen molar-refractivity contribution in [2.45, 2.75) is 63.3 Å². The zero-order chi connectivity index (χ0) is 17.3. The van der Waals surface area contributed by atoms with Crippen LogP contribution in [0.3, 0.4) is 0 Å². The topological polar surface area (TPSA) is 66.4 Å². The quantitative estimate of drug-likeness (QED) is 0.586. The number of benzene rings is 1. The first-order valence-electron chi connectivity index (χ1n) is 8.33. The summed E-state index contributed by atoms with van der Waals surface area (Å²) < 4.78 is 27.5. The lowest BCUT2D eigenvalue weighted by molar-refractivity contribution is 0.203. The van der Waals surface area contributed by atoms with Crippen LogP contribution in [-0.4, -0.2) is 26.2 Å². The maximum absolute atomic E-state index is 12.4. The summed E-state index contributed by atoms with van der Waals surface area (Å²) in [5.41, 5.74) is 0. The molecule has 1 rings (SSSR count). The molecular formula is C17H28ClNO3S. The number of nitrogens with one attached hydrogen (secondary N) is 1. The molecule has 0 aromatic heterocycles. The van der Waals surface area contributed by atoms with Gasteiger partial charge in [0.15, 0.2) is 0 Å². The van der Waals surface area contributed by atoms with E-state index in [1.54, 1.807) is 12.1 Å². The largest absolute Gasteiger partial charge is 0.395 e. The Labute approximate surface area is 145 Å². The molecule has 0 aliphatic rings. The highest BCUT2D eigenvalue weighted by Crippen LogP contribution is 2.21. The molecule has 4 nitrogen and oxygen atoms in total. The van der Waals surface area contributed by atoms with Gasteiger partial charge in [0.2, 0.25) is 10.0 Å². The smallest absolute Gasteiger partial charge is 0.240 e. The molecular weight excluding hydrogens is 334 g/mol. The molecule has 2 atom stereocenters. The summed E-state index contributed by atoms with van der Waals surface area (Å²) in [5, 5.41) is 10.1. The lowest BCUT2D eigenvalue weighted by Crippen LogP contribution is -2.42. The van der Waals surface area contributed by atoms with Crippen LogP contribution in [0.4, 0.5) is 0 Å². The first-order valence-corrected chi connectivity index (χ1v) is 10.2. The van der Waals surface area contributed by atoms with E-state index in [4.69, 9.17) is 11.6 Å². The number of hydrogen-bond acceptors (Lipinski definition) is 3. The highest BCUT2D eigenvalue weighted by atomic mass is 35.5. The molecule has 0 radical (unpaired) electrons. The van der Waals surface area contributed by atoms with Crippen LogP contribution >= 0.6 is 11.6 Å². The molecule has 2 N–H and O–H groups in total. The summed E-state index contributed by atoms with van der Waals surface area (Å²) in [4.78, 5) is 0.168. The number of rotatable bonds is 11. The normalized spacial score (nSPS) is 14.6. The number of hydrogen-bond donors (Lipinski definition) is 2. The summed E-state index contributed by atoms with van der Waals surface area (Å²) in [6.45, 7) is 4.00. The van der Waals surface area contributed by atoms with Crippen molar-refractivity contribution in [3.8, 4) is 0 Å².